The Balaban J connectivity index is 0.000000233. The maximum atomic E-state index is 4.93. The van der Waals surface area contributed by atoms with E-state index < -0.39 is 0 Å². The zero-order chi connectivity index (χ0) is 40.8. The second kappa shape index (κ2) is 20.8. The molecular formula is C51H62N4. The van der Waals surface area contributed by atoms with E-state index in [2.05, 4.69) is 124 Å². The van der Waals surface area contributed by atoms with E-state index in [1.165, 1.54) is 60.5 Å². The van der Waals surface area contributed by atoms with Crippen LogP contribution in [-0.4, -0.2) is 19.9 Å². The van der Waals surface area contributed by atoms with Crippen LogP contribution in [-0.2, 0) is 0 Å². The predicted octanol–water partition coefficient (Wildman–Crippen LogP) is 15.9. The second-order valence-electron chi connectivity index (χ2n) is 11.7. The highest BCUT2D eigenvalue weighted by molar-refractivity contribution is 6.15. The van der Waals surface area contributed by atoms with Gasteiger partial charge >= 0.3 is 0 Å². The number of hydrogen-bond donors (Lipinski definition) is 0. The van der Waals surface area contributed by atoms with Crippen LogP contribution in [0.3, 0.4) is 0 Å². The van der Waals surface area contributed by atoms with Crippen molar-refractivity contribution in [1.29, 1.82) is 0 Å². The van der Waals surface area contributed by atoms with Crippen LogP contribution >= 0.6 is 0 Å². The molecule has 0 spiro atoms. The lowest BCUT2D eigenvalue weighted by molar-refractivity contribution is 1.28. The zero-order valence-corrected chi connectivity index (χ0v) is 36.1. The topological polar surface area (TPSA) is 51.6 Å². The molecule has 0 atom stereocenters. The van der Waals surface area contributed by atoms with Gasteiger partial charge in [-0.1, -0.05) is 162 Å². The summed E-state index contributed by atoms with van der Waals surface area (Å²) in [5, 5.41) is 5.07. The molecule has 8 aromatic rings. The monoisotopic (exact) mass is 730 g/mol. The number of hydrogen-bond acceptors (Lipinski definition) is 4. The third-order valence-corrected chi connectivity index (χ3v) is 8.93. The summed E-state index contributed by atoms with van der Waals surface area (Å²) in [4.78, 5) is 19.6. The maximum Gasteiger partial charge on any atom is 0.0979 e. The van der Waals surface area contributed by atoms with E-state index in [1.807, 2.05) is 83.1 Å². The SMILES string of the molecule is CC.CC.CC.CC.CC.CC.Cc1cc2nc3c(nc2cc1C)-c1cccc2cccc-3c12.Cc1ccc2nc3c(nc2c1)-c1cccc2cccc-3c12. The Labute approximate surface area is 331 Å². The summed E-state index contributed by atoms with van der Waals surface area (Å²) < 4.78 is 0. The third-order valence-electron chi connectivity index (χ3n) is 8.93. The third kappa shape index (κ3) is 8.44. The van der Waals surface area contributed by atoms with Crippen LogP contribution < -0.4 is 0 Å². The highest BCUT2D eigenvalue weighted by atomic mass is 14.8. The average molecular weight is 731 g/mol. The van der Waals surface area contributed by atoms with Crippen molar-refractivity contribution in [1.82, 2.24) is 19.9 Å². The molecule has 4 heteroatoms. The molecule has 0 radical (unpaired) electrons. The van der Waals surface area contributed by atoms with Gasteiger partial charge in [-0.15, -0.1) is 0 Å². The van der Waals surface area contributed by atoms with E-state index in [-0.39, 0.29) is 0 Å². The van der Waals surface area contributed by atoms with Gasteiger partial charge in [-0.05, 0) is 72.5 Å². The normalized spacial score (nSPS) is 10.1. The summed E-state index contributed by atoms with van der Waals surface area (Å²) in [6.07, 6.45) is 0. The molecule has 286 valence electrons. The van der Waals surface area contributed by atoms with Crippen LogP contribution in [0.4, 0.5) is 0 Å². The van der Waals surface area contributed by atoms with E-state index in [0.29, 0.717) is 0 Å². The molecule has 0 N–H and O–H groups in total. The lowest BCUT2D eigenvalue weighted by Crippen LogP contribution is -1.92. The molecule has 0 saturated carbocycles. The standard InChI is InChI=1S/C20H14N2.C19H12N2.6C2H6/c1-11-9-16-17(10-12(11)2)22-20-15-8-4-6-13-5-3-7-14(18(13)15)19(20)21-16;1-11-8-9-15-16(10-11)21-19-14-7-3-5-12-4-2-6-13(17(12)14)18(19)20-15;6*1-2/h3-10H,1-2H3;2-10H,1H3;6*1-2H3. The lowest BCUT2D eigenvalue weighted by Gasteiger charge is -2.06. The Morgan fingerprint density at radius 2 is 0.600 bits per heavy atom. The largest absolute Gasteiger partial charge is 0.244 e. The van der Waals surface area contributed by atoms with Gasteiger partial charge in [0.15, 0.2) is 0 Å². The first-order chi connectivity index (χ1) is 27.0. The summed E-state index contributed by atoms with van der Waals surface area (Å²) >= 11 is 0. The first kappa shape index (κ1) is 43.9. The summed E-state index contributed by atoms with van der Waals surface area (Å²) in [5.74, 6) is 0. The lowest BCUT2D eigenvalue weighted by atomic mass is 10.0. The molecule has 6 aromatic carbocycles. The van der Waals surface area contributed by atoms with Gasteiger partial charge in [0, 0.05) is 33.0 Å². The van der Waals surface area contributed by atoms with Gasteiger partial charge in [-0.2, -0.15) is 0 Å². The molecule has 0 saturated heterocycles. The van der Waals surface area contributed by atoms with Gasteiger partial charge in [0.2, 0.25) is 0 Å². The molecule has 0 aliphatic heterocycles. The molecule has 0 unspecified atom stereocenters. The highest BCUT2D eigenvalue weighted by Crippen LogP contribution is 2.46. The van der Waals surface area contributed by atoms with Crippen LogP contribution in [0.2, 0.25) is 0 Å². The summed E-state index contributed by atoms with van der Waals surface area (Å²) in [7, 11) is 0. The molecule has 2 aliphatic carbocycles. The van der Waals surface area contributed by atoms with Gasteiger partial charge in [0.25, 0.3) is 0 Å². The summed E-state index contributed by atoms with van der Waals surface area (Å²) in [6, 6.07) is 36.1. The minimum atomic E-state index is 0.962. The Hall–Kier alpha value is -5.48. The molecule has 2 aromatic heterocycles. The fourth-order valence-corrected chi connectivity index (χ4v) is 6.70. The Bertz CT molecular complexity index is 2410. The van der Waals surface area contributed by atoms with Gasteiger partial charge in [-0.25, -0.2) is 19.9 Å². The van der Waals surface area contributed by atoms with Crippen molar-refractivity contribution in [3.8, 4) is 45.0 Å². The van der Waals surface area contributed by atoms with Crippen LogP contribution in [0.15, 0.2) is 103 Å². The van der Waals surface area contributed by atoms with Gasteiger partial charge in [0.05, 0.1) is 44.8 Å². The second-order valence-corrected chi connectivity index (χ2v) is 11.7. The summed E-state index contributed by atoms with van der Waals surface area (Å²) in [6.45, 7) is 30.3. The molecule has 2 heterocycles. The van der Waals surface area contributed by atoms with Crippen molar-refractivity contribution in [2.24, 2.45) is 0 Å². The van der Waals surface area contributed by atoms with E-state index in [0.717, 1.165) is 44.8 Å². The number of rotatable bonds is 0. The summed E-state index contributed by atoms with van der Waals surface area (Å²) in [5.41, 5.74) is 16.5. The van der Waals surface area contributed by atoms with Crippen molar-refractivity contribution >= 4 is 43.6 Å². The van der Waals surface area contributed by atoms with Crippen LogP contribution in [0.25, 0.3) is 88.6 Å². The molecule has 0 bridgehead atoms. The Morgan fingerprint density at radius 3 is 0.927 bits per heavy atom. The molecule has 4 nitrogen and oxygen atoms in total. The number of benzene rings is 6. The molecule has 0 fully saturated rings. The number of fused-ring (bicyclic) bond motifs is 8. The number of aromatic nitrogens is 4. The smallest absolute Gasteiger partial charge is 0.0979 e. The molecule has 0 amide bonds. The molecule has 2 aliphatic rings. The number of nitrogens with zero attached hydrogens (tertiary/aromatic N) is 4. The zero-order valence-electron chi connectivity index (χ0n) is 36.1. The minimum Gasteiger partial charge on any atom is -0.244 e. The predicted molar refractivity (Wildman–Crippen MR) is 245 cm³/mol. The van der Waals surface area contributed by atoms with Crippen molar-refractivity contribution in [3.05, 3.63) is 120 Å². The minimum absolute atomic E-state index is 0.962. The van der Waals surface area contributed by atoms with Gasteiger partial charge in [-0.3, -0.25) is 0 Å². The van der Waals surface area contributed by atoms with Crippen molar-refractivity contribution in [2.45, 2.75) is 104 Å². The molecule has 10 rings (SSSR count). The van der Waals surface area contributed by atoms with Gasteiger partial charge < -0.3 is 0 Å². The quantitative estimate of drug-likeness (QED) is 0.156. The van der Waals surface area contributed by atoms with Crippen LogP contribution in [0, 0.1) is 20.8 Å². The van der Waals surface area contributed by atoms with E-state index in [4.69, 9.17) is 19.9 Å². The fraction of sp³-hybridized carbons (Fsp3) is 0.294. The fourth-order valence-electron chi connectivity index (χ4n) is 6.70. The average Bonchev–Trinajstić information content (AvgIpc) is 3.74. The highest BCUT2D eigenvalue weighted by Gasteiger charge is 2.25. The Morgan fingerprint density at radius 1 is 0.309 bits per heavy atom. The number of aryl methyl sites for hydroxylation is 3. The van der Waals surface area contributed by atoms with E-state index >= 15 is 0 Å². The first-order valence-electron chi connectivity index (χ1n) is 20.7. The van der Waals surface area contributed by atoms with Crippen LogP contribution in [0.5, 0.6) is 0 Å². The van der Waals surface area contributed by atoms with Gasteiger partial charge in [0.1, 0.15) is 0 Å². The van der Waals surface area contributed by atoms with Crippen molar-refractivity contribution < 1.29 is 0 Å². The molecular weight excluding hydrogens is 669 g/mol. The first-order valence-corrected chi connectivity index (χ1v) is 20.7. The maximum absolute atomic E-state index is 4.93. The van der Waals surface area contributed by atoms with Crippen LogP contribution in [0.1, 0.15) is 99.8 Å². The van der Waals surface area contributed by atoms with Crippen molar-refractivity contribution in [2.75, 3.05) is 0 Å². The van der Waals surface area contributed by atoms with E-state index in [9.17, 15) is 0 Å². The Kier molecular flexibility index (Phi) is 16.6. The van der Waals surface area contributed by atoms with E-state index in [1.54, 1.807) is 0 Å². The molecule has 55 heavy (non-hydrogen) atoms. The van der Waals surface area contributed by atoms with Crippen molar-refractivity contribution in [3.63, 3.8) is 0 Å².